The monoisotopic (exact) mass is 707 g/mol. The van der Waals surface area contributed by atoms with Crippen molar-refractivity contribution >= 4 is 37.6 Å². The molecule has 0 aliphatic rings. The summed E-state index contributed by atoms with van der Waals surface area (Å²) in [7, 11) is -6.04. The number of rotatable bonds is 11. The minimum Gasteiger partial charge on any atom is -0.490 e. The molecule has 0 bridgehead atoms. The molecule has 8 nitrogen and oxygen atoms in total. The third kappa shape index (κ3) is 10.3. The normalized spacial score (nSPS) is 12.6. The van der Waals surface area contributed by atoms with Crippen LogP contribution in [-0.2, 0) is 26.1 Å². The van der Waals surface area contributed by atoms with Crippen molar-refractivity contribution in [3.8, 4) is 33.2 Å². The van der Waals surface area contributed by atoms with Gasteiger partial charge in [0.05, 0.1) is 34.9 Å². The number of thiazole rings is 1. The zero-order valence-corrected chi connectivity index (χ0v) is 29.5. The fraction of sp³-hybridized carbons (Fsp3) is 0.371. The predicted octanol–water partition coefficient (Wildman–Crippen LogP) is 8.70. The van der Waals surface area contributed by atoms with Crippen LogP contribution < -0.4 is 8.92 Å². The van der Waals surface area contributed by atoms with Gasteiger partial charge in [0, 0.05) is 23.1 Å². The van der Waals surface area contributed by atoms with Crippen LogP contribution in [0.25, 0.3) is 31.9 Å². The highest BCUT2D eigenvalue weighted by Crippen LogP contribution is 2.43. The molecule has 0 aliphatic carbocycles. The van der Waals surface area contributed by atoms with Crippen LogP contribution in [0.5, 0.6) is 11.5 Å². The van der Waals surface area contributed by atoms with Crippen LogP contribution in [-0.4, -0.2) is 48.3 Å². The quantitative estimate of drug-likeness (QED) is 0.0713. The van der Waals surface area contributed by atoms with Gasteiger partial charge < -0.3 is 18.8 Å². The Hall–Kier alpha value is -3.94. The van der Waals surface area contributed by atoms with E-state index in [0.717, 1.165) is 28.0 Å². The molecule has 1 N–H and O–H groups in total. The Bertz CT molecular complexity index is 1870. The summed E-state index contributed by atoms with van der Waals surface area (Å²) in [5.74, 6) is -0.658. The smallest absolute Gasteiger partial charge is 0.490 e. The summed E-state index contributed by atoms with van der Waals surface area (Å²) in [6.07, 6.45) is 1.85. The maximum Gasteiger partial charge on any atom is 0.534 e. The molecule has 0 aliphatic heterocycles. The number of aromatic nitrogens is 1. The van der Waals surface area contributed by atoms with E-state index < -0.39 is 39.4 Å². The molecular formula is C35H40F3NO7S2. The molecule has 48 heavy (non-hydrogen) atoms. The van der Waals surface area contributed by atoms with Crippen LogP contribution in [0.15, 0.2) is 61.2 Å². The summed E-state index contributed by atoms with van der Waals surface area (Å²) in [4.78, 5) is 16.9. The molecule has 1 atom stereocenters. The lowest BCUT2D eigenvalue weighted by atomic mass is 10.00. The topological polar surface area (TPSA) is 112 Å². The van der Waals surface area contributed by atoms with Crippen molar-refractivity contribution in [1.29, 1.82) is 0 Å². The van der Waals surface area contributed by atoms with Gasteiger partial charge >= 0.3 is 21.6 Å². The number of carbonyl (C=O) groups excluding carboxylic acids is 1. The number of aryl methyl sites for hydroxylation is 2. The molecule has 0 saturated carbocycles. The largest absolute Gasteiger partial charge is 0.534 e. The van der Waals surface area contributed by atoms with E-state index in [0.29, 0.717) is 28.3 Å². The minimum absolute atomic E-state index is 0.0297. The number of hydrogen-bond acceptors (Lipinski definition) is 9. The van der Waals surface area contributed by atoms with Gasteiger partial charge in [-0.05, 0) is 83.9 Å². The van der Waals surface area contributed by atoms with E-state index in [2.05, 4.69) is 15.7 Å². The van der Waals surface area contributed by atoms with E-state index in [1.165, 1.54) is 6.92 Å². The first kappa shape index (κ1) is 38.5. The molecule has 0 radical (unpaired) electrons. The van der Waals surface area contributed by atoms with Crippen molar-refractivity contribution in [1.82, 2.24) is 4.98 Å². The summed E-state index contributed by atoms with van der Waals surface area (Å²) in [5.41, 5.74) is -2.35. The molecular weight excluding hydrogens is 668 g/mol. The van der Waals surface area contributed by atoms with Gasteiger partial charge in [-0.1, -0.05) is 35.9 Å². The van der Waals surface area contributed by atoms with Gasteiger partial charge in [0.1, 0.15) is 10.8 Å². The molecule has 4 rings (SSSR count). The number of nitrogens with zero attached hydrogens (tertiary/aromatic N) is 1. The lowest BCUT2D eigenvalue weighted by Crippen LogP contribution is -2.28. The van der Waals surface area contributed by atoms with Crippen LogP contribution in [0.2, 0.25) is 0 Å². The molecule has 13 heteroatoms. The number of benzene rings is 3. The van der Waals surface area contributed by atoms with Crippen LogP contribution in [0, 0.1) is 13.8 Å². The lowest BCUT2D eigenvalue weighted by molar-refractivity contribution is -0.142. The number of hydrogen-bond donors (Lipinski definition) is 1. The second-order valence-corrected chi connectivity index (χ2v) is 14.6. The van der Waals surface area contributed by atoms with Gasteiger partial charge in [-0.3, -0.25) is 4.79 Å². The van der Waals surface area contributed by atoms with Crippen LogP contribution in [0.4, 0.5) is 13.2 Å². The molecule has 4 aromatic rings. The second kappa shape index (κ2) is 15.5. The third-order valence-corrected chi connectivity index (χ3v) is 8.52. The van der Waals surface area contributed by atoms with Crippen molar-refractivity contribution in [2.45, 2.75) is 78.5 Å². The maximum absolute atomic E-state index is 13.4. The number of halogens is 3. The van der Waals surface area contributed by atoms with E-state index in [-0.39, 0.29) is 28.5 Å². The van der Waals surface area contributed by atoms with Crippen molar-refractivity contribution in [3.05, 3.63) is 77.9 Å². The molecule has 0 saturated heterocycles. The fourth-order valence-electron chi connectivity index (χ4n) is 4.44. The van der Waals surface area contributed by atoms with Gasteiger partial charge in [-0.15, -0.1) is 17.9 Å². The molecule has 0 unspecified atom stereocenters. The number of aliphatic hydroxyl groups is 1. The van der Waals surface area contributed by atoms with Gasteiger partial charge in [-0.2, -0.15) is 21.6 Å². The highest BCUT2D eigenvalue weighted by molar-refractivity contribution is 7.88. The lowest BCUT2D eigenvalue weighted by Gasteiger charge is -2.17. The Kier molecular flexibility index (Phi) is 12.5. The first-order valence-electron chi connectivity index (χ1n) is 15.0. The van der Waals surface area contributed by atoms with Crippen molar-refractivity contribution in [3.63, 3.8) is 0 Å². The predicted molar refractivity (Wildman–Crippen MR) is 183 cm³/mol. The van der Waals surface area contributed by atoms with E-state index in [9.17, 15) is 26.4 Å². The Morgan fingerprint density at radius 2 is 1.73 bits per heavy atom. The average molecular weight is 708 g/mol. The number of alkyl halides is 3. The molecule has 0 spiro atoms. The summed E-state index contributed by atoms with van der Waals surface area (Å²) in [6, 6.07) is 14.8. The van der Waals surface area contributed by atoms with Crippen LogP contribution >= 0.6 is 11.3 Å². The Labute approximate surface area is 283 Å². The van der Waals surface area contributed by atoms with E-state index in [4.69, 9.17) is 14.6 Å². The summed E-state index contributed by atoms with van der Waals surface area (Å²) >= 11 is 0.958. The highest BCUT2D eigenvalue weighted by Gasteiger charge is 2.49. The first-order valence-corrected chi connectivity index (χ1v) is 17.3. The molecule has 3 aromatic carbocycles. The Morgan fingerprint density at radius 1 is 1.08 bits per heavy atom. The Balaban J connectivity index is 0.00000116. The fourth-order valence-corrected chi connectivity index (χ4v) is 6.04. The molecule has 0 amide bonds. The number of ether oxygens (including phenoxy) is 2. The standard InChI is InChI=1S/C31H30F3NO6S2.C4H10O/c1-6-9-20(5)40-26-13-12-18(3)14-24(26)21-10-8-11-22(16-21)30-35-25-15-19(4)23(17-27(36)39-7-2)28(29(25)42-30)41-43(37,38)31(32,33)34;1-4(2,3)5/h6,8,10-16,20H,1,7,9,17H2,2-5H3;5H,1-3H3/t20-;/m0./s1. The van der Waals surface area contributed by atoms with Crippen molar-refractivity contribution < 1.29 is 45.1 Å². The number of esters is 1. The van der Waals surface area contributed by atoms with Crippen LogP contribution in [0.1, 0.15) is 57.7 Å². The molecule has 1 aromatic heterocycles. The molecule has 0 fully saturated rings. The second-order valence-electron chi connectivity index (χ2n) is 12.0. The van der Waals surface area contributed by atoms with E-state index >= 15 is 0 Å². The van der Waals surface area contributed by atoms with Gasteiger partial charge in [-0.25, -0.2) is 4.98 Å². The van der Waals surface area contributed by atoms with E-state index in [1.54, 1.807) is 45.9 Å². The van der Waals surface area contributed by atoms with Crippen molar-refractivity contribution in [2.24, 2.45) is 0 Å². The van der Waals surface area contributed by atoms with E-state index in [1.807, 2.05) is 50.2 Å². The first-order chi connectivity index (χ1) is 22.2. The Morgan fingerprint density at radius 3 is 2.33 bits per heavy atom. The average Bonchev–Trinajstić information content (AvgIpc) is 3.38. The summed E-state index contributed by atoms with van der Waals surface area (Å²) < 4.78 is 80.1. The van der Waals surface area contributed by atoms with Crippen LogP contribution in [0.3, 0.4) is 0 Å². The number of carbonyl (C=O) groups is 1. The molecule has 1 heterocycles. The summed E-state index contributed by atoms with van der Waals surface area (Å²) in [5, 5.41) is 8.93. The van der Waals surface area contributed by atoms with Gasteiger partial charge in [0.15, 0.2) is 5.75 Å². The molecule has 260 valence electrons. The maximum atomic E-state index is 13.4. The zero-order chi connectivity index (χ0) is 36.0. The zero-order valence-electron chi connectivity index (χ0n) is 27.9. The van der Waals surface area contributed by atoms with Crippen molar-refractivity contribution in [2.75, 3.05) is 6.61 Å². The number of fused-ring (bicyclic) bond motifs is 1. The third-order valence-electron chi connectivity index (χ3n) is 6.45. The summed E-state index contributed by atoms with van der Waals surface area (Å²) in [6.45, 7) is 16.1. The minimum atomic E-state index is -6.04. The van der Waals surface area contributed by atoms with Gasteiger partial charge in [0.25, 0.3) is 0 Å². The van der Waals surface area contributed by atoms with Gasteiger partial charge in [0.2, 0.25) is 0 Å². The highest BCUT2D eigenvalue weighted by atomic mass is 32.2. The SMILES string of the molecule is C=CC[C@H](C)Oc1ccc(C)cc1-c1cccc(-c2nc3cc(C)c(CC(=O)OCC)c(OS(=O)(=O)C(F)(F)F)c3s2)c1.CC(C)(C)O.